The van der Waals surface area contributed by atoms with E-state index in [2.05, 4.69) is 55.7 Å². The number of carbonyl (C=O) groups is 1. The smallest absolute Gasteiger partial charge is 0.238 e. The Hall–Kier alpha value is -2.75. The Morgan fingerprint density at radius 2 is 1.94 bits per heavy atom. The minimum Gasteiger partial charge on any atom is -0.490 e. The lowest BCUT2D eigenvalue weighted by Gasteiger charge is -2.45. The topological polar surface area (TPSA) is 82.6 Å². The van der Waals surface area contributed by atoms with E-state index in [0.29, 0.717) is 6.54 Å². The van der Waals surface area contributed by atoms with E-state index in [1.165, 1.54) is 0 Å². The number of nitrogens with one attached hydrogen (secondary N) is 2. The van der Waals surface area contributed by atoms with Crippen molar-refractivity contribution < 1.29 is 9.53 Å². The Balaban J connectivity index is 1.21. The van der Waals surface area contributed by atoms with Crippen molar-refractivity contribution in [1.29, 1.82) is 0 Å². The van der Waals surface area contributed by atoms with Gasteiger partial charge in [-0.25, -0.2) is 9.97 Å². The number of ether oxygens (including phenoxy) is 1. The van der Waals surface area contributed by atoms with Gasteiger partial charge in [-0.15, -0.1) is 11.3 Å². The molecular formula is C26H34N6O2S. The van der Waals surface area contributed by atoms with Crippen LogP contribution in [0.2, 0.25) is 0 Å². The highest BCUT2D eigenvalue weighted by atomic mass is 32.1. The summed E-state index contributed by atoms with van der Waals surface area (Å²) in [6, 6.07) is 8.52. The van der Waals surface area contributed by atoms with Crippen LogP contribution in [0, 0.1) is 6.92 Å². The number of hydrogen-bond acceptors (Lipinski definition) is 8. The second kappa shape index (κ2) is 10.5. The average molecular weight is 495 g/mol. The van der Waals surface area contributed by atoms with Crippen molar-refractivity contribution in [2.45, 2.75) is 51.8 Å². The van der Waals surface area contributed by atoms with Crippen molar-refractivity contribution in [3.8, 4) is 5.75 Å². The summed E-state index contributed by atoms with van der Waals surface area (Å²) in [5.74, 6) is 1.81. The van der Waals surface area contributed by atoms with Crippen LogP contribution < -0.4 is 20.3 Å². The monoisotopic (exact) mass is 494 g/mol. The van der Waals surface area contributed by atoms with Gasteiger partial charge in [0, 0.05) is 36.9 Å². The fourth-order valence-corrected chi connectivity index (χ4v) is 6.00. The molecule has 2 aliphatic rings. The van der Waals surface area contributed by atoms with Crippen LogP contribution >= 0.6 is 11.3 Å². The standard InChI is InChI=1S/C26H34N6O2S/c1-17-4-5-21(34-20-6-9-27-10-7-20)12-23(17)30-24(33)15-31-13-18(2)32(19(3)14-31)25-22-8-11-35-26(22)29-16-28-25/h4-5,8,11-12,16,18-20,27H,6-7,9-10,13-15H2,1-3H3,(H,30,33)/t18-,19+. The summed E-state index contributed by atoms with van der Waals surface area (Å²) < 4.78 is 6.17. The van der Waals surface area contributed by atoms with Crippen molar-refractivity contribution in [3.05, 3.63) is 41.5 Å². The molecule has 3 aromatic rings. The number of hydrogen-bond donors (Lipinski definition) is 2. The van der Waals surface area contributed by atoms with E-state index in [1.807, 2.05) is 25.1 Å². The number of amides is 1. The van der Waals surface area contributed by atoms with Crippen LogP contribution in [0.3, 0.4) is 0 Å². The molecule has 9 heteroatoms. The van der Waals surface area contributed by atoms with E-state index in [-0.39, 0.29) is 24.1 Å². The molecule has 2 aliphatic heterocycles. The maximum atomic E-state index is 13.0. The number of piperazine rings is 1. The zero-order valence-corrected chi connectivity index (χ0v) is 21.5. The summed E-state index contributed by atoms with van der Waals surface area (Å²) in [5.41, 5.74) is 1.85. The fourth-order valence-electron chi connectivity index (χ4n) is 5.27. The maximum absolute atomic E-state index is 13.0. The number of fused-ring (bicyclic) bond motifs is 1. The molecule has 0 aliphatic carbocycles. The molecule has 1 amide bonds. The molecule has 2 atom stereocenters. The van der Waals surface area contributed by atoms with Crippen molar-refractivity contribution >= 4 is 39.0 Å². The van der Waals surface area contributed by atoms with Gasteiger partial charge in [-0.05, 0) is 69.8 Å². The van der Waals surface area contributed by atoms with Crippen LogP contribution in [0.4, 0.5) is 11.5 Å². The van der Waals surface area contributed by atoms with Crippen molar-refractivity contribution in [2.24, 2.45) is 0 Å². The normalized spacial score (nSPS) is 21.9. The van der Waals surface area contributed by atoms with Gasteiger partial charge in [0.2, 0.25) is 5.91 Å². The van der Waals surface area contributed by atoms with Gasteiger partial charge >= 0.3 is 0 Å². The Labute approximate surface area is 210 Å². The molecule has 2 saturated heterocycles. The molecule has 5 rings (SSSR count). The highest BCUT2D eigenvalue weighted by Gasteiger charge is 2.32. The van der Waals surface area contributed by atoms with Gasteiger partial charge in [-0.3, -0.25) is 9.69 Å². The number of piperidine rings is 1. The Morgan fingerprint density at radius 1 is 1.17 bits per heavy atom. The highest BCUT2D eigenvalue weighted by Crippen LogP contribution is 2.31. The van der Waals surface area contributed by atoms with Gasteiger partial charge in [0.15, 0.2) is 0 Å². The number of rotatable bonds is 6. The molecule has 8 nitrogen and oxygen atoms in total. The minimum absolute atomic E-state index is 0.00206. The number of thiophene rings is 1. The van der Waals surface area contributed by atoms with Gasteiger partial charge < -0.3 is 20.3 Å². The summed E-state index contributed by atoms with van der Waals surface area (Å²) in [7, 11) is 0. The van der Waals surface area contributed by atoms with Gasteiger partial charge in [0.25, 0.3) is 0 Å². The number of benzene rings is 1. The number of aryl methyl sites for hydroxylation is 1. The van der Waals surface area contributed by atoms with E-state index >= 15 is 0 Å². The van der Waals surface area contributed by atoms with Crippen LogP contribution in [0.1, 0.15) is 32.3 Å². The largest absolute Gasteiger partial charge is 0.490 e. The molecule has 0 bridgehead atoms. The van der Waals surface area contributed by atoms with Gasteiger partial charge in [0.05, 0.1) is 11.9 Å². The molecule has 0 radical (unpaired) electrons. The number of aromatic nitrogens is 2. The fraction of sp³-hybridized carbons (Fsp3) is 0.500. The molecule has 0 saturated carbocycles. The highest BCUT2D eigenvalue weighted by molar-refractivity contribution is 7.16. The van der Waals surface area contributed by atoms with Crippen LogP contribution in [-0.4, -0.2) is 71.7 Å². The lowest BCUT2D eigenvalue weighted by atomic mass is 10.1. The van der Waals surface area contributed by atoms with Gasteiger partial charge in [-0.2, -0.15) is 0 Å². The lowest BCUT2D eigenvalue weighted by molar-refractivity contribution is -0.117. The SMILES string of the molecule is Cc1ccc(OC2CCNCC2)cc1NC(=O)CN1C[C@@H](C)N(c2ncnc3sccc23)[C@@H](C)C1. The van der Waals surface area contributed by atoms with Crippen LogP contribution in [0.5, 0.6) is 5.75 Å². The Kier molecular flexibility index (Phi) is 7.17. The number of carbonyl (C=O) groups excluding carboxylic acids is 1. The maximum Gasteiger partial charge on any atom is 0.238 e. The third kappa shape index (κ3) is 5.42. The third-order valence-electron chi connectivity index (χ3n) is 6.92. The quantitative estimate of drug-likeness (QED) is 0.541. The molecule has 0 unspecified atom stereocenters. The summed E-state index contributed by atoms with van der Waals surface area (Å²) in [6.45, 7) is 10.3. The molecule has 2 N–H and O–H groups in total. The minimum atomic E-state index is 0.00206. The predicted octanol–water partition coefficient (Wildman–Crippen LogP) is 3.67. The van der Waals surface area contributed by atoms with Crippen LogP contribution in [0.15, 0.2) is 36.0 Å². The van der Waals surface area contributed by atoms with E-state index in [4.69, 9.17) is 4.74 Å². The first-order chi connectivity index (χ1) is 17.0. The summed E-state index contributed by atoms with van der Waals surface area (Å²) in [4.78, 5) is 27.6. The molecular weight excluding hydrogens is 460 g/mol. The van der Waals surface area contributed by atoms with Gasteiger partial charge in [0.1, 0.15) is 28.8 Å². The van der Waals surface area contributed by atoms with E-state index in [1.54, 1.807) is 17.7 Å². The van der Waals surface area contributed by atoms with Gasteiger partial charge in [-0.1, -0.05) is 6.07 Å². The number of anilines is 2. The molecule has 186 valence electrons. The first kappa shape index (κ1) is 24.0. The van der Waals surface area contributed by atoms with Crippen LogP contribution in [-0.2, 0) is 4.79 Å². The zero-order chi connectivity index (χ0) is 24.4. The Morgan fingerprint density at radius 3 is 2.71 bits per heavy atom. The molecule has 4 heterocycles. The van der Waals surface area contributed by atoms with E-state index in [9.17, 15) is 4.79 Å². The zero-order valence-electron chi connectivity index (χ0n) is 20.7. The second-order valence-electron chi connectivity index (χ2n) is 9.73. The summed E-state index contributed by atoms with van der Waals surface area (Å²) in [6.07, 6.45) is 3.89. The second-order valence-corrected chi connectivity index (χ2v) is 10.6. The molecule has 0 spiro atoms. The summed E-state index contributed by atoms with van der Waals surface area (Å²) >= 11 is 1.64. The van der Waals surface area contributed by atoms with Crippen LogP contribution in [0.25, 0.3) is 10.2 Å². The van der Waals surface area contributed by atoms with Crippen molar-refractivity contribution in [1.82, 2.24) is 20.2 Å². The summed E-state index contributed by atoms with van der Waals surface area (Å²) in [5, 5.41) is 9.65. The van der Waals surface area contributed by atoms with E-state index < -0.39 is 0 Å². The van der Waals surface area contributed by atoms with Crippen molar-refractivity contribution in [2.75, 3.05) is 42.9 Å². The molecule has 2 fully saturated rings. The molecule has 1 aromatic carbocycles. The lowest BCUT2D eigenvalue weighted by Crippen LogP contribution is -2.58. The first-order valence-corrected chi connectivity index (χ1v) is 13.3. The number of nitrogens with zero attached hydrogens (tertiary/aromatic N) is 4. The average Bonchev–Trinajstić information content (AvgIpc) is 3.31. The molecule has 2 aromatic heterocycles. The van der Waals surface area contributed by atoms with Crippen molar-refractivity contribution in [3.63, 3.8) is 0 Å². The third-order valence-corrected chi connectivity index (χ3v) is 7.74. The van der Waals surface area contributed by atoms with E-state index in [0.717, 1.165) is 72.1 Å². The Bertz CT molecular complexity index is 1170. The molecule has 35 heavy (non-hydrogen) atoms. The first-order valence-electron chi connectivity index (χ1n) is 12.4. The predicted molar refractivity (Wildman–Crippen MR) is 142 cm³/mol.